The first-order valence-corrected chi connectivity index (χ1v) is 8.10. The van der Waals surface area contributed by atoms with E-state index in [0.717, 1.165) is 29.9 Å². The third-order valence-corrected chi connectivity index (χ3v) is 4.55. The van der Waals surface area contributed by atoms with Crippen molar-refractivity contribution in [1.82, 2.24) is 19.9 Å². The Hall–Kier alpha value is -2.28. The van der Waals surface area contributed by atoms with Crippen molar-refractivity contribution < 1.29 is 14.3 Å². The maximum atomic E-state index is 13.2. The monoisotopic (exact) mass is 332 g/mol. The molecule has 1 aliphatic heterocycles. The molecule has 1 aromatic carbocycles. The minimum Gasteiger partial charge on any atom is -0.481 e. The van der Waals surface area contributed by atoms with E-state index < -0.39 is 5.97 Å². The number of hydrogen-bond donors (Lipinski definition) is 1. The van der Waals surface area contributed by atoms with Crippen LogP contribution in [0.1, 0.15) is 29.7 Å². The predicted molar refractivity (Wildman–Crippen MR) is 85.9 cm³/mol. The Labute approximate surface area is 139 Å². The summed E-state index contributed by atoms with van der Waals surface area (Å²) < 4.78 is 14.9. The second-order valence-electron chi connectivity index (χ2n) is 6.37. The van der Waals surface area contributed by atoms with Gasteiger partial charge in [0.2, 0.25) is 0 Å². The average Bonchev–Trinajstić information content (AvgIpc) is 2.98. The first-order chi connectivity index (χ1) is 11.5. The molecule has 0 unspecified atom stereocenters. The summed E-state index contributed by atoms with van der Waals surface area (Å²) in [6.07, 6.45) is 3.25. The molecule has 0 radical (unpaired) electrons. The van der Waals surface area contributed by atoms with Gasteiger partial charge in [0.1, 0.15) is 5.82 Å². The number of likely N-dealkylation sites (tertiary alicyclic amines) is 1. The van der Waals surface area contributed by atoms with Crippen molar-refractivity contribution in [1.29, 1.82) is 0 Å². The van der Waals surface area contributed by atoms with Gasteiger partial charge in [0.25, 0.3) is 0 Å². The smallest absolute Gasteiger partial charge is 0.306 e. The van der Waals surface area contributed by atoms with Crippen LogP contribution < -0.4 is 0 Å². The molecule has 2 heterocycles. The van der Waals surface area contributed by atoms with Crippen molar-refractivity contribution >= 4 is 5.97 Å². The van der Waals surface area contributed by atoms with E-state index in [1.807, 2.05) is 13.1 Å². The molecule has 128 valence electrons. The molecule has 6 nitrogen and oxygen atoms in total. The van der Waals surface area contributed by atoms with E-state index in [9.17, 15) is 9.18 Å². The Morgan fingerprint density at radius 2 is 2.08 bits per heavy atom. The fourth-order valence-corrected chi connectivity index (χ4v) is 3.07. The molecule has 1 aliphatic rings. The van der Waals surface area contributed by atoms with Crippen LogP contribution >= 0.6 is 0 Å². The number of hydrogen-bond acceptors (Lipinski definition) is 4. The molecule has 3 rings (SSSR count). The number of piperidine rings is 1. The summed E-state index contributed by atoms with van der Waals surface area (Å²) in [5.74, 6) is -1.16. The number of benzene rings is 1. The molecule has 0 amide bonds. The van der Waals surface area contributed by atoms with Gasteiger partial charge < -0.3 is 5.11 Å². The van der Waals surface area contributed by atoms with Crippen LogP contribution in [0.3, 0.4) is 0 Å². The highest BCUT2D eigenvalue weighted by Gasteiger charge is 2.24. The zero-order valence-corrected chi connectivity index (χ0v) is 13.7. The molecule has 0 spiro atoms. The molecule has 0 bridgehead atoms. The third kappa shape index (κ3) is 3.97. The highest BCUT2D eigenvalue weighted by molar-refractivity contribution is 5.70. The standard InChI is InChI=1S/C17H21FN4O2/c1-12-8-15(18)3-2-14(12)9-22-11-16(19-20-22)10-21-6-4-13(5-7-21)17(23)24/h2-3,8,11,13H,4-7,9-10H2,1H3,(H,23,24). The van der Waals surface area contributed by atoms with Crippen LogP contribution in [0.4, 0.5) is 4.39 Å². The van der Waals surface area contributed by atoms with Crippen LogP contribution in [0.5, 0.6) is 0 Å². The van der Waals surface area contributed by atoms with E-state index in [1.54, 1.807) is 10.7 Å². The quantitative estimate of drug-likeness (QED) is 0.907. The summed E-state index contributed by atoms with van der Waals surface area (Å²) in [6, 6.07) is 4.73. The van der Waals surface area contributed by atoms with E-state index in [1.165, 1.54) is 12.1 Å². The highest BCUT2D eigenvalue weighted by Crippen LogP contribution is 2.18. The maximum absolute atomic E-state index is 13.2. The van der Waals surface area contributed by atoms with Crippen LogP contribution in [0.15, 0.2) is 24.4 Å². The van der Waals surface area contributed by atoms with Crippen molar-refractivity contribution in [2.45, 2.75) is 32.9 Å². The van der Waals surface area contributed by atoms with Gasteiger partial charge in [-0.25, -0.2) is 9.07 Å². The fourth-order valence-electron chi connectivity index (χ4n) is 3.07. The highest BCUT2D eigenvalue weighted by atomic mass is 19.1. The molecule has 0 saturated carbocycles. The summed E-state index contributed by atoms with van der Waals surface area (Å²) in [5, 5.41) is 17.4. The van der Waals surface area contributed by atoms with Crippen molar-refractivity contribution in [2.75, 3.05) is 13.1 Å². The van der Waals surface area contributed by atoms with Crippen LogP contribution in [0.2, 0.25) is 0 Å². The van der Waals surface area contributed by atoms with E-state index >= 15 is 0 Å². The average molecular weight is 332 g/mol. The molecule has 0 atom stereocenters. The lowest BCUT2D eigenvalue weighted by Crippen LogP contribution is -2.35. The van der Waals surface area contributed by atoms with Gasteiger partial charge in [-0.05, 0) is 56.1 Å². The molecule has 1 fully saturated rings. The SMILES string of the molecule is Cc1cc(F)ccc1Cn1cc(CN2CCC(C(=O)O)CC2)nn1. The molecular weight excluding hydrogens is 311 g/mol. The van der Waals surface area contributed by atoms with Gasteiger partial charge in [0.15, 0.2) is 0 Å². The first-order valence-electron chi connectivity index (χ1n) is 8.10. The van der Waals surface area contributed by atoms with Gasteiger partial charge in [-0.15, -0.1) is 5.10 Å². The van der Waals surface area contributed by atoms with Gasteiger partial charge in [-0.3, -0.25) is 9.69 Å². The minimum atomic E-state index is -0.699. The van der Waals surface area contributed by atoms with Crippen molar-refractivity contribution in [3.63, 3.8) is 0 Å². The molecule has 1 saturated heterocycles. The topological polar surface area (TPSA) is 71.2 Å². The Balaban J connectivity index is 1.57. The van der Waals surface area contributed by atoms with Crippen molar-refractivity contribution in [3.05, 3.63) is 47.0 Å². The number of halogens is 1. The molecule has 1 aromatic heterocycles. The fraction of sp³-hybridized carbons (Fsp3) is 0.471. The van der Waals surface area contributed by atoms with Crippen LogP contribution in [-0.2, 0) is 17.9 Å². The van der Waals surface area contributed by atoms with Crippen LogP contribution in [-0.4, -0.2) is 44.1 Å². The second kappa shape index (κ2) is 7.09. The Kier molecular flexibility index (Phi) is 4.89. The normalized spacial score (nSPS) is 16.4. The molecule has 0 aliphatic carbocycles. The lowest BCUT2D eigenvalue weighted by Gasteiger charge is -2.29. The number of aliphatic carboxylic acids is 1. The van der Waals surface area contributed by atoms with Gasteiger partial charge in [-0.2, -0.15) is 0 Å². The number of carbonyl (C=O) groups is 1. The predicted octanol–water partition coefficient (Wildman–Crippen LogP) is 2.07. The second-order valence-corrected chi connectivity index (χ2v) is 6.37. The number of carboxylic acids is 1. The number of rotatable bonds is 5. The zero-order chi connectivity index (χ0) is 17.1. The third-order valence-electron chi connectivity index (χ3n) is 4.55. The van der Waals surface area contributed by atoms with Crippen LogP contribution in [0, 0.1) is 18.7 Å². The minimum absolute atomic E-state index is 0.224. The van der Waals surface area contributed by atoms with Gasteiger partial charge in [0, 0.05) is 6.54 Å². The molecule has 2 aromatic rings. The maximum Gasteiger partial charge on any atom is 0.306 e. The van der Waals surface area contributed by atoms with Crippen molar-refractivity contribution in [3.8, 4) is 0 Å². The van der Waals surface area contributed by atoms with Gasteiger partial charge in [-0.1, -0.05) is 11.3 Å². The lowest BCUT2D eigenvalue weighted by molar-refractivity contribution is -0.143. The van der Waals surface area contributed by atoms with E-state index in [4.69, 9.17) is 5.11 Å². The largest absolute Gasteiger partial charge is 0.481 e. The number of nitrogens with zero attached hydrogens (tertiary/aromatic N) is 4. The molecule has 24 heavy (non-hydrogen) atoms. The number of aromatic nitrogens is 3. The Morgan fingerprint density at radius 3 is 2.75 bits per heavy atom. The zero-order valence-electron chi connectivity index (χ0n) is 13.7. The lowest BCUT2D eigenvalue weighted by atomic mass is 9.97. The molecular formula is C17H21FN4O2. The summed E-state index contributed by atoms with van der Waals surface area (Å²) >= 11 is 0. The summed E-state index contributed by atoms with van der Waals surface area (Å²) in [7, 11) is 0. The van der Waals surface area contributed by atoms with E-state index in [-0.39, 0.29) is 11.7 Å². The Morgan fingerprint density at radius 1 is 1.33 bits per heavy atom. The number of carboxylic acid groups (broad SMARTS) is 1. The summed E-state index contributed by atoms with van der Waals surface area (Å²) in [6.45, 7) is 4.64. The number of aryl methyl sites for hydroxylation is 1. The van der Waals surface area contributed by atoms with Crippen molar-refractivity contribution in [2.24, 2.45) is 5.92 Å². The van der Waals surface area contributed by atoms with Crippen LogP contribution in [0.25, 0.3) is 0 Å². The summed E-state index contributed by atoms with van der Waals surface area (Å²) in [5.41, 5.74) is 2.77. The van der Waals surface area contributed by atoms with Gasteiger partial charge >= 0.3 is 5.97 Å². The molecule has 1 N–H and O–H groups in total. The first kappa shape index (κ1) is 16.6. The van der Waals surface area contributed by atoms with Gasteiger partial charge in [0.05, 0.1) is 24.4 Å². The summed E-state index contributed by atoms with van der Waals surface area (Å²) in [4.78, 5) is 13.2. The van der Waals surface area contributed by atoms with E-state index in [0.29, 0.717) is 25.9 Å². The Bertz CT molecular complexity index is 723. The molecule has 7 heteroatoms. The van der Waals surface area contributed by atoms with E-state index in [2.05, 4.69) is 15.2 Å².